The maximum Gasteiger partial charge on any atom is 0.289 e. The van der Waals surface area contributed by atoms with Crippen LogP contribution in [0.1, 0.15) is 16.1 Å². The lowest BCUT2D eigenvalue weighted by Gasteiger charge is -2.00. The van der Waals surface area contributed by atoms with Crippen LogP contribution < -0.4 is 5.43 Å². The van der Waals surface area contributed by atoms with Crippen LogP contribution >= 0.6 is 0 Å². The SMILES string of the molecule is O=C(NN=CC=Cc1ccccc1)c1cc(-c2ccc3ccccc3c2)n[nH]1. The van der Waals surface area contributed by atoms with E-state index in [2.05, 4.69) is 38.9 Å². The number of rotatable bonds is 5. The van der Waals surface area contributed by atoms with E-state index in [-0.39, 0.29) is 5.91 Å². The van der Waals surface area contributed by atoms with Gasteiger partial charge in [-0.05, 0) is 34.5 Å². The number of fused-ring (bicyclic) bond motifs is 1. The third kappa shape index (κ3) is 4.04. The van der Waals surface area contributed by atoms with Crippen molar-refractivity contribution in [3.8, 4) is 11.3 Å². The molecule has 0 spiro atoms. The summed E-state index contributed by atoms with van der Waals surface area (Å²) in [5.41, 5.74) is 5.56. The Morgan fingerprint density at radius 3 is 2.57 bits per heavy atom. The fourth-order valence-corrected chi connectivity index (χ4v) is 2.85. The van der Waals surface area contributed by atoms with Crippen LogP contribution in [0.15, 0.2) is 90.0 Å². The summed E-state index contributed by atoms with van der Waals surface area (Å²) >= 11 is 0. The molecule has 0 unspecified atom stereocenters. The highest BCUT2D eigenvalue weighted by atomic mass is 16.2. The average Bonchev–Trinajstić information content (AvgIpc) is 3.24. The minimum absolute atomic E-state index is 0.344. The van der Waals surface area contributed by atoms with Crippen molar-refractivity contribution >= 4 is 29.0 Å². The van der Waals surface area contributed by atoms with Gasteiger partial charge in [0.1, 0.15) is 5.69 Å². The molecule has 0 aliphatic carbocycles. The quantitative estimate of drug-likeness (QED) is 0.398. The molecule has 0 aliphatic rings. The largest absolute Gasteiger partial charge is 0.289 e. The van der Waals surface area contributed by atoms with Gasteiger partial charge >= 0.3 is 0 Å². The number of nitrogens with zero attached hydrogens (tertiary/aromatic N) is 2. The zero-order valence-electron chi connectivity index (χ0n) is 15.0. The van der Waals surface area contributed by atoms with E-state index in [1.165, 1.54) is 6.21 Å². The van der Waals surface area contributed by atoms with E-state index < -0.39 is 0 Å². The third-order valence-electron chi connectivity index (χ3n) is 4.28. The van der Waals surface area contributed by atoms with E-state index in [9.17, 15) is 4.79 Å². The lowest BCUT2D eigenvalue weighted by Crippen LogP contribution is -2.17. The molecule has 0 bridgehead atoms. The summed E-state index contributed by atoms with van der Waals surface area (Å²) in [5.74, 6) is -0.344. The summed E-state index contributed by atoms with van der Waals surface area (Å²) in [6, 6.07) is 25.8. The molecule has 4 rings (SSSR count). The smallest absolute Gasteiger partial charge is 0.272 e. The fourth-order valence-electron chi connectivity index (χ4n) is 2.85. The van der Waals surface area contributed by atoms with E-state index in [0.717, 1.165) is 21.9 Å². The molecule has 0 radical (unpaired) electrons. The van der Waals surface area contributed by atoms with Crippen LogP contribution in [-0.4, -0.2) is 22.3 Å². The predicted octanol–water partition coefficient (Wildman–Crippen LogP) is 4.66. The van der Waals surface area contributed by atoms with Crippen molar-refractivity contribution in [1.82, 2.24) is 15.6 Å². The highest BCUT2D eigenvalue weighted by molar-refractivity contribution is 5.94. The number of hydrogen-bond donors (Lipinski definition) is 2. The van der Waals surface area contributed by atoms with Gasteiger partial charge in [0.05, 0.1) is 5.69 Å². The molecule has 28 heavy (non-hydrogen) atoms. The van der Waals surface area contributed by atoms with Crippen molar-refractivity contribution in [2.75, 3.05) is 0 Å². The predicted molar refractivity (Wildman–Crippen MR) is 113 cm³/mol. The zero-order chi connectivity index (χ0) is 19.2. The molecule has 3 aromatic carbocycles. The first-order valence-electron chi connectivity index (χ1n) is 8.89. The molecule has 5 heteroatoms. The number of carbonyl (C=O) groups is 1. The summed E-state index contributed by atoms with van der Waals surface area (Å²) < 4.78 is 0. The Kier molecular flexibility index (Phi) is 5.06. The molecule has 0 atom stereocenters. The van der Waals surface area contributed by atoms with Gasteiger partial charge in [0.15, 0.2) is 0 Å². The first kappa shape index (κ1) is 17.4. The number of hydrogen-bond acceptors (Lipinski definition) is 3. The number of H-pyrrole nitrogens is 1. The molecule has 5 nitrogen and oxygen atoms in total. The Bertz CT molecular complexity index is 1160. The van der Waals surface area contributed by atoms with Gasteiger partial charge in [0.2, 0.25) is 0 Å². The molecular weight excluding hydrogens is 348 g/mol. The maximum atomic E-state index is 12.2. The van der Waals surface area contributed by atoms with Crippen LogP contribution in [0.25, 0.3) is 28.1 Å². The first-order valence-corrected chi connectivity index (χ1v) is 8.89. The van der Waals surface area contributed by atoms with Gasteiger partial charge in [-0.15, -0.1) is 0 Å². The molecular formula is C23H18N4O. The van der Waals surface area contributed by atoms with Gasteiger partial charge in [-0.2, -0.15) is 10.2 Å². The number of amides is 1. The van der Waals surface area contributed by atoms with Crippen molar-refractivity contribution in [3.63, 3.8) is 0 Å². The fraction of sp³-hybridized carbons (Fsp3) is 0. The van der Waals surface area contributed by atoms with Crippen LogP contribution in [0.3, 0.4) is 0 Å². The van der Waals surface area contributed by atoms with E-state index in [0.29, 0.717) is 11.4 Å². The zero-order valence-corrected chi connectivity index (χ0v) is 15.0. The van der Waals surface area contributed by atoms with E-state index in [1.54, 1.807) is 12.1 Å². The Morgan fingerprint density at radius 2 is 1.71 bits per heavy atom. The minimum Gasteiger partial charge on any atom is -0.272 e. The number of allylic oxidation sites excluding steroid dienone is 1. The van der Waals surface area contributed by atoms with Gasteiger partial charge in [-0.3, -0.25) is 9.89 Å². The van der Waals surface area contributed by atoms with Gasteiger partial charge in [-0.25, -0.2) is 5.43 Å². The van der Waals surface area contributed by atoms with Gasteiger partial charge < -0.3 is 0 Å². The number of nitrogens with one attached hydrogen (secondary N) is 2. The van der Waals surface area contributed by atoms with Crippen molar-refractivity contribution in [3.05, 3.63) is 96.2 Å². The lowest BCUT2D eigenvalue weighted by molar-refractivity contribution is 0.0950. The van der Waals surface area contributed by atoms with E-state index in [1.807, 2.05) is 60.7 Å². The van der Waals surface area contributed by atoms with Crippen molar-refractivity contribution in [1.29, 1.82) is 0 Å². The monoisotopic (exact) mass is 366 g/mol. The Labute approximate surface area is 162 Å². The van der Waals surface area contributed by atoms with Gasteiger partial charge in [0, 0.05) is 11.8 Å². The second-order valence-electron chi connectivity index (χ2n) is 6.22. The Hall–Kier alpha value is -3.99. The van der Waals surface area contributed by atoms with Crippen molar-refractivity contribution < 1.29 is 4.79 Å². The summed E-state index contributed by atoms with van der Waals surface area (Å²) in [6.45, 7) is 0. The number of carbonyl (C=O) groups excluding carboxylic acids is 1. The number of aromatic nitrogens is 2. The number of benzene rings is 3. The summed E-state index contributed by atoms with van der Waals surface area (Å²) in [7, 11) is 0. The normalized spacial score (nSPS) is 11.4. The summed E-state index contributed by atoms with van der Waals surface area (Å²) in [5, 5.41) is 13.2. The van der Waals surface area contributed by atoms with Crippen molar-refractivity contribution in [2.24, 2.45) is 5.10 Å². The molecule has 0 saturated carbocycles. The summed E-state index contributed by atoms with van der Waals surface area (Å²) in [6.07, 6.45) is 5.21. The number of hydrazone groups is 1. The molecule has 2 N–H and O–H groups in total. The Balaban J connectivity index is 1.41. The van der Waals surface area contributed by atoms with Crippen LogP contribution in [0.2, 0.25) is 0 Å². The lowest BCUT2D eigenvalue weighted by atomic mass is 10.1. The molecule has 4 aromatic rings. The highest BCUT2D eigenvalue weighted by Crippen LogP contribution is 2.23. The van der Waals surface area contributed by atoms with Crippen LogP contribution in [0.5, 0.6) is 0 Å². The molecule has 0 aliphatic heterocycles. The van der Waals surface area contributed by atoms with Crippen LogP contribution in [-0.2, 0) is 0 Å². The topological polar surface area (TPSA) is 70.1 Å². The molecule has 1 aromatic heterocycles. The van der Waals surface area contributed by atoms with Crippen LogP contribution in [0.4, 0.5) is 0 Å². The molecule has 1 heterocycles. The van der Waals surface area contributed by atoms with Gasteiger partial charge in [0.25, 0.3) is 5.91 Å². The van der Waals surface area contributed by atoms with Crippen LogP contribution in [0, 0.1) is 0 Å². The molecule has 0 fully saturated rings. The van der Waals surface area contributed by atoms with Crippen molar-refractivity contribution in [2.45, 2.75) is 0 Å². The maximum absolute atomic E-state index is 12.2. The Morgan fingerprint density at radius 1 is 0.929 bits per heavy atom. The van der Waals surface area contributed by atoms with Gasteiger partial charge in [-0.1, -0.05) is 72.8 Å². The second kappa shape index (κ2) is 8.14. The minimum atomic E-state index is -0.344. The molecule has 0 saturated heterocycles. The third-order valence-corrected chi connectivity index (χ3v) is 4.28. The number of aromatic amines is 1. The first-order chi connectivity index (χ1) is 13.8. The standard InChI is InChI=1S/C23H18N4O/c28-23(27-24-14-6-9-17-7-2-1-3-8-17)22-16-21(25-26-22)20-13-12-18-10-4-5-11-19(18)15-20/h1-16H,(H,25,26)(H,27,28). The summed E-state index contributed by atoms with van der Waals surface area (Å²) in [4.78, 5) is 12.2. The van der Waals surface area contributed by atoms with E-state index >= 15 is 0 Å². The van der Waals surface area contributed by atoms with E-state index in [4.69, 9.17) is 0 Å². The average molecular weight is 366 g/mol. The highest BCUT2D eigenvalue weighted by Gasteiger charge is 2.10. The molecule has 1 amide bonds. The molecule has 136 valence electrons. The second-order valence-corrected chi connectivity index (χ2v) is 6.22.